The summed E-state index contributed by atoms with van der Waals surface area (Å²) in [7, 11) is 3.72. The largest absolute Gasteiger partial charge is 0.382 e. The quantitative estimate of drug-likeness (QED) is 0.705. The Kier molecular flexibility index (Phi) is 7.82. The lowest BCUT2D eigenvalue weighted by atomic mass is 9.93. The molecule has 114 valence electrons. The SMILES string of the molecule is CNC(CCOCCOC)Cc1c(C)cc(C)cc1C. The maximum atomic E-state index is 5.56. The molecule has 20 heavy (non-hydrogen) atoms. The Labute approximate surface area is 123 Å². The van der Waals surface area contributed by atoms with Crippen LogP contribution in [0, 0.1) is 20.8 Å². The zero-order valence-electron chi connectivity index (χ0n) is 13.6. The minimum absolute atomic E-state index is 0.456. The Bertz CT molecular complexity index is 381. The molecule has 1 aromatic carbocycles. The first-order valence-corrected chi connectivity index (χ1v) is 7.39. The molecule has 0 saturated carbocycles. The Morgan fingerprint density at radius 1 is 1.05 bits per heavy atom. The number of rotatable bonds is 9. The van der Waals surface area contributed by atoms with E-state index in [2.05, 4.69) is 38.2 Å². The first-order valence-electron chi connectivity index (χ1n) is 7.39. The van der Waals surface area contributed by atoms with E-state index >= 15 is 0 Å². The predicted molar refractivity (Wildman–Crippen MR) is 84.5 cm³/mol. The summed E-state index contributed by atoms with van der Waals surface area (Å²) < 4.78 is 10.5. The van der Waals surface area contributed by atoms with E-state index in [1.807, 2.05) is 7.05 Å². The van der Waals surface area contributed by atoms with Crippen LogP contribution < -0.4 is 5.32 Å². The van der Waals surface area contributed by atoms with Crippen molar-refractivity contribution in [2.24, 2.45) is 0 Å². The second-order valence-corrected chi connectivity index (χ2v) is 5.46. The number of methoxy groups -OCH3 is 1. The van der Waals surface area contributed by atoms with Crippen molar-refractivity contribution in [2.75, 3.05) is 34.0 Å². The normalized spacial score (nSPS) is 12.7. The van der Waals surface area contributed by atoms with E-state index < -0.39 is 0 Å². The molecule has 0 fully saturated rings. The van der Waals surface area contributed by atoms with Gasteiger partial charge in [-0.15, -0.1) is 0 Å². The average Bonchev–Trinajstić information content (AvgIpc) is 2.40. The molecule has 1 unspecified atom stereocenters. The molecular formula is C17H29NO2. The van der Waals surface area contributed by atoms with Gasteiger partial charge in [-0.1, -0.05) is 17.7 Å². The van der Waals surface area contributed by atoms with Crippen LogP contribution in [-0.2, 0) is 15.9 Å². The third-order valence-corrected chi connectivity index (χ3v) is 3.74. The summed E-state index contributed by atoms with van der Waals surface area (Å²) in [6.45, 7) is 8.69. The van der Waals surface area contributed by atoms with Gasteiger partial charge in [0.1, 0.15) is 0 Å². The lowest BCUT2D eigenvalue weighted by molar-refractivity contribution is 0.0661. The van der Waals surface area contributed by atoms with Crippen molar-refractivity contribution in [1.29, 1.82) is 0 Å². The van der Waals surface area contributed by atoms with Crippen LogP contribution in [0.3, 0.4) is 0 Å². The van der Waals surface area contributed by atoms with Gasteiger partial charge < -0.3 is 14.8 Å². The Morgan fingerprint density at radius 2 is 1.70 bits per heavy atom. The van der Waals surface area contributed by atoms with Gasteiger partial charge in [0.25, 0.3) is 0 Å². The van der Waals surface area contributed by atoms with Crippen LogP contribution in [-0.4, -0.2) is 40.0 Å². The lowest BCUT2D eigenvalue weighted by Crippen LogP contribution is -2.29. The van der Waals surface area contributed by atoms with Crippen molar-refractivity contribution in [3.8, 4) is 0 Å². The minimum atomic E-state index is 0.456. The van der Waals surface area contributed by atoms with Gasteiger partial charge in [0.15, 0.2) is 0 Å². The summed E-state index contributed by atoms with van der Waals surface area (Å²) in [5.74, 6) is 0. The third kappa shape index (κ3) is 5.61. The summed E-state index contributed by atoms with van der Waals surface area (Å²) in [5.41, 5.74) is 5.59. The van der Waals surface area contributed by atoms with E-state index in [1.54, 1.807) is 7.11 Å². The summed E-state index contributed by atoms with van der Waals surface area (Å²) in [6, 6.07) is 4.99. The van der Waals surface area contributed by atoms with E-state index in [0.29, 0.717) is 19.3 Å². The molecule has 0 radical (unpaired) electrons. The van der Waals surface area contributed by atoms with Gasteiger partial charge in [0, 0.05) is 19.8 Å². The molecule has 0 aliphatic carbocycles. The molecule has 1 rings (SSSR count). The first-order chi connectivity index (χ1) is 9.58. The third-order valence-electron chi connectivity index (χ3n) is 3.74. The molecule has 3 heteroatoms. The number of hydrogen-bond acceptors (Lipinski definition) is 3. The van der Waals surface area contributed by atoms with E-state index in [4.69, 9.17) is 9.47 Å². The molecule has 0 aromatic heterocycles. The predicted octanol–water partition coefficient (Wildman–Crippen LogP) is 2.80. The molecule has 0 bridgehead atoms. The van der Waals surface area contributed by atoms with Gasteiger partial charge in [0.2, 0.25) is 0 Å². The van der Waals surface area contributed by atoms with Gasteiger partial charge >= 0.3 is 0 Å². The number of ether oxygens (including phenoxy) is 2. The Hall–Kier alpha value is -0.900. The number of nitrogens with one attached hydrogen (secondary N) is 1. The summed E-state index contributed by atoms with van der Waals surface area (Å²) in [5, 5.41) is 3.40. The fourth-order valence-corrected chi connectivity index (χ4v) is 2.60. The minimum Gasteiger partial charge on any atom is -0.382 e. The van der Waals surface area contributed by atoms with E-state index in [-0.39, 0.29) is 0 Å². The lowest BCUT2D eigenvalue weighted by Gasteiger charge is -2.19. The summed E-state index contributed by atoms with van der Waals surface area (Å²) >= 11 is 0. The molecule has 0 saturated heterocycles. The molecule has 3 nitrogen and oxygen atoms in total. The topological polar surface area (TPSA) is 30.5 Å². The van der Waals surface area contributed by atoms with Gasteiger partial charge in [-0.05, 0) is 57.4 Å². The number of aryl methyl sites for hydroxylation is 3. The molecule has 1 N–H and O–H groups in total. The van der Waals surface area contributed by atoms with Crippen molar-refractivity contribution in [3.63, 3.8) is 0 Å². The van der Waals surface area contributed by atoms with Crippen molar-refractivity contribution in [3.05, 3.63) is 34.4 Å². The monoisotopic (exact) mass is 279 g/mol. The molecule has 0 aliphatic heterocycles. The van der Waals surface area contributed by atoms with Gasteiger partial charge in [-0.3, -0.25) is 0 Å². The highest BCUT2D eigenvalue weighted by molar-refractivity contribution is 5.38. The number of hydrogen-bond donors (Lipinski definition) is 1. The summed E-state index contributed by atoms with van der Waals surface area (Å²) in [6.07, 6.45) is 2.08. The van der Waals surface area contributed by atoms with Crippen molar-refractivity contribution < 1.29 is 9.47 Å². The van der Waals surface area contributed by atoms with E-state index in [1.165, 1.54) is 22.3 Å². The Balaban J connectivity index is 2.52. The fourth-order valence-electron chi connectivity index (χ4n) is 2.60. The standard InChI is InChI=1S/C17H29NO2/c1-13-10-14(2)17(15(3)11-13)12-16(18-4)6-7-20-9-8-19-5/h10-11,16,18H,6-9,12H2,1-5H3. The molecule has 1 atom stereocenters. The maximum absolute atomic E-state index is 5.56. The highest BCUT2D eigenvalue weighted by atomic mass is 16.5. The van der Waals surface area contributed by atoms with Gasteiger partial charge in [0.05, 0.1) is 13.2 Å². The summed E-state index contributed by atoms with van der Waals surface area (Å²) in [4.78, 5) is 0. The highest BCUT2D eigenvalue weighted by Crippen LogP contribution is 2.18. The first kappa shape index (κ1) is 17.2. The second-order valence-electron chi connectivity index (χ2n) is 5.46. The van der Waals surface area contributed by atoms with Crippen LogP contribution in [0.15, 0.2) is 12.1 Å². The van der Waals surface area contributed by atoms with Crippen LogP contribution >= 0.6 is 0 Å². The van der Waals surface area contributed by atoms with Crippen LogP contribution in [0.2, 0.25) is 0 Å². The zero-order chi connectivity index (χ0) is 15.0. The molecular weight excluding hydrogens is 250 g/mol. The van der Waals surface area contributed by atoms with Crippen molar-refractivity contribution in [2.45, 2.75) is 39.7 Å². The highest BCUT2D eigenvalue weighted by Gasteiger charge is 2.11. The molecule has 1 aromatic rings. The molecule has 0 aliphatic rings. The van der Waals surface area contributed by atoms with Crippen molar-refractivity contribution >= 4 is 0 Å². The second kappa shape index (κ2) is 9.11. The van der Waals surface area contributed by atoms with Crippen LogP contribution in [0.1, 0.15) is 28.7 Å². The van der Waals surface area contributed by atoms with Crippen LogP contribution in [0.4, 0.5) is 0 Å². The Morgan fingerprint density at radius 3 is 2.25 bits per heavy atom. The number of likely N-dealkylation sites (N-methyl/N-ethyl adjacent to an activating group) is 1. The fraction of sp³-hybridized carbons (Fsp3) is 0.647. The maximum Gasteiger partial charge on any atom is 0.0700 e. The van der Waals surface area contributed by atoms with Gasteiger partial charge in [-0.2, -0.15) is 0 Å². The molecule has 0 spiro atoms. The van der Waals surface area contributed by atoms with Gasteiger partial charge in [-0.25, -0.2) is 0 Å². The smallest absolute Gasteiger partial charge is 0.0700 e. The molecule has 0 heterocycles. The van der Waals surface area contributed by atoms with Crippen molar-refractivity contribution in [1.82, 2.24) is 5.32 Å². The number of benzene rings is 1. The van der Waals surface area contributed by atoms with E-state index in [0.717, 1.165) is 19.4 Å². The van der Waals surface area contributed by atoms with Crippen LogP contribution in [0.5, 0.6) is 0 Å². The zero-order valence-corrected chi connectivity index (χ0v) is 13.6. The van der Waals surface area contributed by atoms with E-state index in [9.17, 15) is 0 Å². The average molecular weight is 279 g/mol. The van der Waals surface area contributed by atoms with Crippen LogP contribution in [0.25, 0.3) is 0 Å². The molecule has 0 amide bonds.